The lowest BCUT2D eigenvalue weighted by molar-refractivity contribution is -0.159. The summed E-state index contributed by atoms with van der Waals surface area (Å²) in [7, 11) is 0. The lowest BCUT2D eigenvalue weighted by atomic mass is 9.95. The Morgan fingerprint density at radius 3 is 1.93 bits per heavy atom. The number of nitrogens with one attached hydrogen (secondary N) is 1. The molecule has 0 aromatic heterocycles. The molecule has 1 aliphatic rings. The van der Waals surface area contributed by atoms with Crippen LogP contribution in [0.5, 0.6) is 0 Å². The fraction of sp³-hybridized carbons (Fsp3) is 0.550. The van der Waals surface area contributed by atoms with E-state index in [1.54, 1.807) is 0 Å². The molecule has 0 spiro atoms. The summed E-state index contributed by atoms with van der Waals surface area (Å²) in [6.07, 6.45) is 3.05. The second-order valence-electron chi connectivity index (χ2n) is 6.99. The van der Waals surface area contributed by atoms with Gasteiger partial charge in [0, 0.05) is 18.5 Å². The second kappa shape index (κ2) is 11.3. The van der Waals surface area contributed by atoms with Crippen LogP contribution in [0.1, 0.15) is 44.7 Å². The van der Waals surface area contributed by atoms with Gasteiger partial charge in [0.1, 0.15) is 0 Å². The number of benzene rings is 1. The fourth-order valence-corrected chi connectivity index (χ4v) is 2.89. The molecule has 0 radical (unpaired) electrons. The molecular weight excluding hydrogens is 348 g/mol. The van der Waals surface area contributed by atoms with Crippen LogP contribution in [-0.4, -0.2) is 52.1 Å². The van der Waals surface area contributed by atoms with Crippen LogP contribution in [0.15, 0.2) is 24.3 Å². The predicted octanol–water partition coefficient (Wildman–Crippen LogP) is 2.14. The van der Waals surface area contributed by atoms with E-state index in [9.17, 15) is 4.79 Å². The van der Waals surface area contributed by atoms with E-state index < -0.39 is 11.9 Å². The number of carbonyl (C=O) groups excluding carboxylic acids is 1. The largest absolute Gasteiger partial charge is 0.473 e. The number of amides is 1. The molecular formula is C20H30N2O5. The average molecular weight is 378 g/mol. The second-order valence-corrected chi connectivity index (χ2v) is 6.99. The molecule has 1 aromatic rings. The van der Waals surface area contributed by atoms with Gasteiger partial charge in [-0.25, -0.2) is 9.59 Å². The Kier molecular flexibility index (Phi) is 9.50. The van der Waals surface area contributed by atoms with Crippen molar-refractivity contribution < 1.29 is 24.6 Å². The minimum absolute atomic E-state index is 0.200. The molecule has 0 saturated carbocycles. The van der Waals surface area contributed by atoms with Gasteiger partial charge >= 0.3 is 11.9 Å². The van der Waals surface area contributed by atoms with Crippen LogP contribution in [0, 0.1) is 5.92 Å². The molecule has 2 rings (SSSR count). The summed E-state index contributed by atoms with van der Waals surface area (Å²) >= 11 is 0. The summed E-state index contributed by atoms with van der Waals surface area (Å²) < 4.78 is 0. The highest BCUT2D eigenvalue weighted by atomic mass is 16.4. The minimum Gasteiger partial charge on any atom is -0.473 e. The van der Waals surface area contributed by atoms with E-state index in [4.69, 9.17) is 19.8 Å². The monoisotopic (exact) mass is 378 g/mol. The highest BCUT2D eigenvalue weighted by Crippen LogP contribution is 2.19. The van der Waals surface area contributed by atoms with E-state index in [1.807, 2.05) is 13.8 Å². The SMILES string of the molecule is CCc1ccc(CN2CCC(C(=O)NC(C)C)CC2)cc1.O=C(O)C(=O)O. The van der Waals surface area contributed by atoms with Crippen LogP contribution >= 0.6 is 0 Å². The van der Waals surface area contributed by atoms with Gasteiger partial charge < -0.3 is 15.5 Å². The molecule has 1 heterocycles. The molecule has 0 aliphatic carbocycles. The van der Waals surface area contributed by atoms with Crippen LogP contribution in [0.3, 0.4) is 0 Å². The molecule has 1 saturated heterocycles. The number of carboxylic acid groups (broad SMARTS) is 2. The molecule has 1 amide bonds. The standard InChI is InChI=1S/C18H28N2O.C2H2O4/c1-4-15-5-7-16(8-6-15)13-20-11-9-17(10-12-20)18(21)19-14(2)3;3-1(4)2(5)6/h5-8,14,17H,4,9-13H2,1-3H3,(H,19,21);(H,3,4)(H,5,6). The molecule has 3 N–H and O–H groups in total. The van der Waals surface area contributed by atoms with E-state index in [0.29, 0.717) is 0 Å². The number of carboxylic acids is 2. The van der Waals surface area contributed by atoms with Crippen molar-refractivity contribution in [3.63, 3.8) is 0 Å². The van der Waals surface area contributed by atoms with Crippen LogP contribution in [0.25, 0.3) is 0 Å². The third-order valence-corrected chi connectivity index (χ3v) is 4.41. The molecule has 0 unspecified atom stereocenters. The van der Waals surface area contributed by atoms with Crippen molar-refractivity contribution in [2.45, 2.75) is 52.6 Å². The Labute approximate surface area is 160 Å². The Bertz CT molecular complexity index is 608. The highest BCUT2D eigenvalue weighted by molar-refractivity contribution is 6.27. The maximum Gasteiger partial charge on any atom is 0.414 e. The normalized spacial score (nSPS) is 15.0. The van der Waals surface area contributed by atoms with Gasteiger partial charge in [0.25, 0.3) is 0 Å². The van der Waals surface area contributed by atoms with Crippen molar-refractivity contribution in [2.24, 2.45) is 5.92 Å². The van der Waals surface area contributed by atoms with Crippen LogP contribution in [0.4, 0.5) is 0 Å². The van der Waals surface area contributed by atoms with E-state index in [-0.39, 0.29) is 17.9 Å². The molecule has 7 nitrogen and oxygen atoms in total. The van der Waals surface area contributed by atoms with Gasteiger partial charge in [-0.3, -0.25) is 9.69 Å². The highest BCUT2D eigenvalue weighted by Gasteiger charge is 2.25. The number of rotatable bonds is 5. The lowest BCUT2D eigenvalue weighted by Gasteiger charge is -2.31. The van der Waals surface area contributed by atoms with E-state index >= 15 is 0 Å². The third-order valence-electron chi connectivity index (χ3n) is 4.41. The molecule has 0 atom stereocenters. The minimum atomic E-state index is -1.82. The molecule has 1 aliphatic heterocycles. The molecule has 1 aromatic carbocycles. The quantitative estimate of drug-likeness (QED) is 0.678. The Morgan fingerprint density at radius 2 is 1.52 bits per heavy atom. The maximum absolute atomic E-state index is 12.0. The Morgan fingerprint density at radius 1 is 1.04 bits per heavy atom. The van der Waals surface area contributed by atoms with E-state index in [2.05, 4.69) is 41.4 Å². The topological polar surface area (TPSA) is 107 Å². The number of hydrogen-bond donors (Lipinski definition) is 3. The van der Waals surface area contributed by atoms with Gasteiger partial charge in [-0.2, -0.15) is 0 Å². The summed E-state index contributed by atoms with van der Waals surface area (Å²) in [6.45, 7) is 9.27. The van der Waals surface area contributed by atoms with Gasteiger partial charge in [-0.15, -0.1) is 0 Å². The first-order chi connectivity index (χ1) is 12.7. The zero-order valence-electron chi connectivity index (χ0n) is 16.3. The average Bonchev–Trinajstić information content (AvgIpc) is 2.63. The number of aryl methyl sites for hydroxylation is 1. The molecule has 27 heavy (non-hydrogen) atoms. The summed E-state index contributed by atoms with van der Waals surface area (Å²) in [5, 5.41) is 17.8. The lowest BCUT2D eigenvalue weighted by Crippen LogP contribution is -2.42. The number of nitrogens with zero attached hydrogens (tertiary/aromatic N) is 1. The molecule has 7 heteroatoms. The summed E-state index contributed by atoms with van der Waals surface area (Å²) in [6, 6.07) is 9.15. The number of likely N-dealkylation sites (tertiary alicyclic amines) is 1. The van der Waals surface area contributed by atoms with E-state index in [0.717, 1.165) is 38.9 Å². The first-order valence-corrected chi connectivity index (χ1v) is 9.29. The van der Waals surface area contributed by atoms with Crippen molar-refractivity contribution in [3.05, 3.63) is 35.4 Å². The number of carbonyl (C=O) groups is 3. The molecule has 1 fully saturated rings. The van der Waals surface area contributed by atoms with Crippen molar-refractivity contribution in [1.82, 2.24) is 10.2 Å². The van der Waals surface area contributed by atoms with Crippen LogP contribution < -0.4 is 5.32 Å². The zero-order valence-corrected chi connectivity index (χ0v) is 16.3. The number of piperidine rings is 1. The molecule has 150 valence electrons. The summed E-state index contributed by atoms with van der Waals surface area (Å²) in [5.41, 5.74) is 2.76. The van der Waals surface area contributed by atoms with Crippen molar-refractivity contribution >= 4 is 17.8 Å². The Hall–Kier alpha value is -2.41. The van der Waals surface area contributed by atoms with E-state index in [1.165, 1.54) is 11.1 Å². The Balaban J connectivity index is 0.000000527. The number of hydrogen-bond acceptors (Lipinski definition) is 4. The van der Waals surface area contributed by atoms with Crippen molar-refractivity contribution in [2.75, 3.05) is 13.1 Å². The summed E-state index contributed by atoms with van der Waals surface area (Å²) in [4.78, 5) is 32.7. The predicted molar refractivity (Wildman–Crippen MR) is 102 cm³/mol. The van der Waals surface area contributed by atoms with Crippen LogP contribution in [-0.2, 0) is 27.3 Å². The van der Waals surface area contributed by atoms with Crippen molar-refractivity contribution in [3.8, 4) is 0 Å². The maximum atomic E-state index is 12.0. The van der Waals surface area contributed by atoms with Crippen molar-refractivity contribution in [1.29, 1.82) is 0 Å². The first kappa shape index (κ1) is 22.6. The third kappa shape index (κ3) is 8.68. The molecule has 0 bridgehead atoms. The van der Waals surface area contributed by atoms with Gasteiger partial charge in [0.05, 0.1) is 0 Å². The van der Waals surface area contributed by atoms with Gasteiger partial charge in [-0.1, -0.05) is 31.2 Å². The smallest absolute Gasteiger partial charge is 0.414 e. The van der Waals surface area contributed by atoms with Gasteiger partial charge in [0.15, 0.2) is 0 Å². The number of aliphatic carboxylic acids is 2. The van der Waals surface area contributed by atoms with Gasteiger partial charge in [0.2, 0.25) is 5.91 Å². The fourth-order valence-electron chi connectivity index (χ4n) is 2.89. The summed E-state index contributed by atoms with van der Waals surface area (Å²) in [5.74, 6) is -3.21. The zero-order chi connectivity index (χ0) is 20.4. The first-order valence-electron chi connectivity index (χ1n) is 9.29. The van der Waals surface area contributed by atoms with Crippen LogP contribution in [0.2, 0.25) is 0 Å². The van der Waals surface area contributed by atoms with Gasteiger partial charge in [-0.05, 0) is 57.3 Å².